The zero-order chi connectivity index (χ0) is 13.8. The molecule has 0 saturated carbocycles. The number of carbonyl (C=O) groups excluding carboxylic acids is 1. The number of nitrogens with one attached hydrogen (secondary N) is 1. The van der Waals surface area contributed by atoms with Crippen molar-refractivity contribution >= 4 is 11.6 Å². The van der Waals surface area contributed by atoms with Crippen molar-refractivity contribution in [2.45, 2.75) is 45.1 Å². The van der Waals surface area contributed by atoms with E-state index in [-0.39, 0.29) is 17.6 Å². The second-order valence-corrected chi connectivity index (χ2v) is 4.67. The first-order valence-electron chi connectivity index (χ1n) is 6.51. The number of anilines is 1. The third-order valence-corrected chi connectivity index (χ3v) is 3.29. The summed E-state index contributed by atoms with van der Waals surface area (Å²) in [5.74, 6) is -0.200. The number of fused-ring (bicyclic) bond motifs is 1. The second-order valence-electron chi connectivity index (χ2n) is 4.67. The van der Waals surface area contributed by atoms with Gasteiger partial charge in [0.25, 0.3) is 0 Å². The molecule has 1 amide bonds. The fourth-order valence-electron chi connectivity index (χ4n) is 2.37. The number of unbranched alkanes of at least 4 members (excludes halogenated alkanes) is 2. The largest absolute Gasteiger partial charge is 0.435 e. The van der Waals surface area contributed by atoms with E-state index >= 15 is 0 Å². The summed E-state index contributed by atoms with van der Waals surface area (Å²) < 4.78 is 28.8. The zero-order valence-electron chi connectivity index (χ0n) is 10.8. The van der Waals surface area contributed by atoms with E-state index in [0.29, 0.717) is 5.69 Å². The van der Waals surface area contributed by atoms with Gasteiger partial charge in [0.1, 0.15) is 5.75 Å². The number of ether oxygens (including phenoxy) is 1. The van der Waals surface area contributed by atoms with Gasteiger partial charge in [-0.2, -0.15) is 8.78 Å². The molecule has 1 heterocycles. The molecule has 104 valence electrons. The number of halogens is 2. The molecule has 1 aliphatic rings. The van der Waals surface area contributed by atoms with Crippen molar-refractivity contribution in [2.75, 3.05) is 5.32 Å². The topological polar surface area (TPSA) is 38.3 Å². The molecule has 1 aliphatic heterocycles. The quantitative estimate of drug-likeness (QED) is 0.795. The number of alkyl halides is 2. The van der Waals surface area contributed by atoms with Crippen LogP contribution >= 0.6 is 0 Å². The smallest absolute Gasteiger partial charge is 0.387 e. The summed E-state index contributed by atoms with van der Waals surface area (Å²) in [6.45, 7) is -0.751. The van der Waals surface area contributed by atoms with Gasteiger partial charge >= 0.3 is 6.61 Å². The van der Waals surface area contributed by atoms with Crippen LogP contribution in [0.25, 0.3) is 0 Å². The average Bonchev–Trinajstić information content (AvgIpc) is 2.65. The molecule has 0 aliphatic carbocycles. The van der Waals surface area contributed by atoms with Crippen LogP contribution in [0.2, 0.25) is 0 Å². The second kappa shape index (κ2) is 5.99. The van der Waals surface area contributed by atoms with Crippen LogP contribution in [0.3, 0.4) is 0 Å². The highest BCUT2D eigenvalue weighted by Crippen LogP contribution is 2.38. The summed E-state index contributed by atoms with van der Waals surface area (Å²) in [5.41, 5.74) is 1.47. The summed E-state index contributed by atoms with van der Waals surface area (Å²) >= 11 is 0. The lowest BCUT2D eigenvalue weighted by molar-refractivity contribution is -0.117. The van der Waals surface area contributed by atoms with Crippen molar-refractivity contribution in [3.8, 4) is 5.75 Å². The zero-order valence-corrected chi connectivity index (χ0v) is 10.8. The van der Waals surface area contributed by atoms with Crippen LogP contribution in [0.15, 0.2) is 18.2 Å². The van der Waals surface area contributed by atoms with E-state index in [0.717, 1.165) is 31.2 Å². The Bertz CT molecular complexity index is 463. The Hall–Kier alpha value is -1.65. The van der Waals surface area contributed by atoms with E-state index in [4.69, 9.17) is 0 Å². The van der Waals surface area contributed by atoms with E-state index in [1.165, 1.54) is 12.1 Å². The Kier molecular flexibility index (Phi) is 4.35. The third-order valence-electron chi connectivity index (χ3n) is 3.29. The van der Waals surface area contributed by atoms with E-state index in [1.807, 2.05) is 0 Å². The molecule has 0 bridgehead atoms. The van der Waals surface area contributed by atoms with Crippen LogP contribution in [-0.4, -0.2) is 12.5 Å². The molecule has 1 N–H and O–H groups in total. The minimum atomic E-state index is -2.85. The van der Waals surface area contributed by atoms with Crippen molar-refractivity contribution in [3.63, 3.8) is 0 Å². The Labute approximate surface area is 111 Å². The highest BCUT2D eigenvalue weighted by atomic mass is 19.3. The fraction of sp³-hybridized carbons (Fsp3) is 0.500. The molecule has 0 fully saturated rings. The van der Waals surface area contributed by atoms with E-state index in [2.05, 4.69) is 17.0 Å². The molecule has 0 saturated heterocycles. The van der Waals surface area contributed by atoms with Crippen molar-refractivity contribution in [3.05, 3.63) is 23.8 Å². The van der Waals surface area contributed by atoms with Gasteiger partial charge in [0.15, 0.2) is 0 Å². The highest BCUT2D eigenvalue weighted by molar-refractivity contribution is 6.03. The van der Waals surface area contributed by atoms with Gasteiger partial charge in [-0.1, -0.05) is 26.2 Å². The Balaban J connectivity index is 2.14. The van der Waals surface area contributed by atoms with Gasteiger partial charge in [-0.3, -0.25) is 4.79 Å². The van der Waals surface area contributed by atoms with Crippen LogP contribution < -0.4 is 10.1 Å². The molecule has 19 heavy (non-hydrogen) atoms. The van der Waals surface area contributed by atoms with Crippen molar-refractivity contribution in [2.24, 2.45) is 0 Å². The van der Waals surface area contributed by atoms with Crippen molar-refractivity contribution in [1.29, 1.82) is 0 Å². The maximum absolute atomic E-state index is 12.2. The van der Waals surface area contributed by atoms with Gasteiger partial charge in [-0.15, -0.1) is 0 Å². The summed E-state index contributed by atoms with van der Waals surface area (Å²) in [4.78, 5) is 11.9. The van der Waals surface area contributed by atoms with Crippen LogP contribution in [0.1, 0.15) is 44.1 Å². The van der Waals surface area contributed by atoms with Gasteiger partial charge in [-0.25, -0.2) is 0 Å². The van der Waals surface area contributed by atoms with Gasteiger partial charge in [0.05, 0.1) is 5.92 Å². The maximum Gasteiger partial charge on any atom is 0.387 e. The molecule has 5 heteroatoms. The summed E-state index contributed by atoms with van der Waals surface area (Å²) in [6.07, 6.45) is 3.83. The lowest BCUT2D eigenvalue weighted by Gasteiger charge is -2.10. The molecule has 0 aromatic heterocycles. The first kappa shape index (κ1) is 13.8. The first-order valence-corrected chi connectivity index (χ1v) is 6.51. The van der Waals surface area contributed by atoms with Crippen LogP contribution in [-0.2, 0) is 4.79 Å². The van der Waals surface area contributed by atoms with Gasteiger partial charge in [0.2, 0.25) is 5.91 Å². The minimum absolute atomic E-state index is 0.0553. The SMILES string of the molecule is CCCCCC1C(=O)Nc2ccc(OC(F)F)cc21. The van der Waals surface area contributed by atoms with E-state index < -0.39 is 6.61 Å². The van der Waals surface area contributed by atoms with Crippen molar-refractivity contribution in [1.82, 2.24) is 0 Å². The maximum atomic E-state index is 12.2. The standard InChI is InChI=1S/C14H17F2NO2/c1-2-3-4-5-10-11-8-9(19-14(15)16)6-7-12(11)17-13(10)18/h6-8,10,14H,2-5H2,1H3,(H,17,18). The average molecular weight is 269 g/mol. The molecule has 3 nitrogen and oxygen atoms in total. The van der Waals surface area contributed by atoms with Crippen LogP contribution in [0, 0.1) is 0 Å². The number of hydrogen-bond donors (Lipinski definition) is 1. The van der Waals surface area contributed by atoms with Crippen LogP contribution in [0.4, 0.5) is 14.5 Å². The molecule has 1 unspecified atom stereocenters. The predicted octanol–water partition coefficient (Wildman–Crippen LogP) is 3.90. The molecule has 1 atom stereocenters. The van der Waals surface area contributed by atoms with E-state index in [1.54, 1.807) is 6.07 Å². The van der Waals surface area contributed by atoms with Gasteiger partial charge < -0.3 is 10.1 Å². The summed E-state index contributed by atoms with van der Waals surface area (Å²) in [6, 6.07) is 4.60. The summed E-state index contributed by atoms with van der Waals surface area (Å²) in [7, 11) is 0. The predicted molar refractivity (Wildman–Crippen MR) is 68.6 cm³/mol. The molecular weight excluding hydrogens is 252 g/mol. The number of carbonyl (C=O) groups is 1. The van der Waals surface area contributed by atoms with Gasteiger partial charge in [-0.05, 0) is 30.2 Å². The summed E-state index contributed by atoms with van der Waals surface area (Å²) in [5, 5.41) is 2.77. The lowest BCUT2D eigenvalue weighted by Crippen LogP contribution is -2.11. The number of rotatable bonds is 6. The Morgan fingerprint density at radius 2 is 2.16 bits per heavy atom. The van der Waals surface area contributed by atoms with E-state index in [9.17, 15) is 13.6 Å². The van der Waals surface area contributed by atoms with Crippen LogP contribution in [0.5, 0.6) is 5.75 Å². The normalized spacial score (nSPS) is 17.5. The minimum Gasteiger partial charge on any atom is -0.435 e. The molecule has 1 aromatic carbocycles. The highest BCUT2D eigenvalue weighted by Gasteiger charge is 2.30. The first-order chi connectivity index (χ1) is 9.11. The molecule has 1 aromatic rings. The number of hydrogen-bond acceptors (Lipinski definition) is 2. The van der Waals surface area contributed by atoms with Crippen molar-refractivity contribution < 1.29 is 18.3 Å². The molecule has 0 spiro atoms. The Morgan fingerprint density at radius 3 is 2.84 bits per heavy atom. The molecule has 2 rings (SSSR count). The number of amides is 1. The Morgan fingerprint density at radius 1 is 1.37 bits per heavy atom. The van der Waals surface area contributed by atoms with Gasteiger partial charge in [0, 0.05) is 5.69 Å². The monoisotopic (exact) mass is 269 g/mol. The third kappa shape index (κ3) is 3.22. The molecule has 0 radical (unpaired) electrons. The number of benzene rings is 1. The fourth-order valence-corrected chi connectivity index (χ4v) is 2.37. The molecular formula is C14H17F2NO2. The lowest BCUT2D eigenvalue weighted by atomic mass is 9.94.